The number of aliphatic hydroxyl groups excluding tert-OH is 1. The molecule has 74 heavy (non-hydrogen) atoms. The van der Waals surface area contributed by atoms with Crippen LogP contribution in [0.2, 0.25) is 0 Å². The Morgan fingerprint density at radius 1 is 0.568 bits per heavy atom. The van der Waals surface area contributed by atoms with Crippen molar-refractivity contribution in [1.82, 2.24) is 57.8 Å². The molecule has 0 aliphatic carbocycles. The van der Waals surface area contributed by atoms with Crippen molar-refractivity contribution in [2.45, 2.75) is 168 Å². The molecular formula is C46H78N14O14. The zero-order chi connectivity index (χ0) is 56.7. The topological polar surface area (TPSA) is 460 Å². The van der Waals surface area contributed by atoms with Gasteiger partial charge in [0.2, 0.25) is 65.0 Å². The van der Waals surface area contributed by atoms with Gasteiger partial charge in [-0.2, -0.15) is 0 Å². The zero-order valence-electron chi connectivity index (χ0n) is 43.7. The molecule has 1 aromatic heterocycles. The summed E-state index contributed by atoms with van der Waals surface area (Å²) in [6.45, 7) is 14.7. The largest absolute Gasteiger partial charge is 0.480 e. The van der Waals surface area contributed by atoms with Crippen molar-refractivity contribution in [1.29, 1.82) is 0 Å². The van der Waals surface area contributed by atoms with Gasteiger partial charge >= 0.3 is 5.97 Å². The number of rotatable bonds is 33. The van der Waals surface area contributed by atoms with Crippen molar-refractivity contribution in [3.05, 3.63) is 18.2 Å². The normalized spacial score (nSPS) is 15.7. The number of aliphatic carboxylic acids is 1. The fourth-order valence-corrected chi connectivity index (χ4v) is 6.91. The number of carboxylic acid groups (broad SMARTS) is 1. The number of carbonyl (C=O) groups excluding carboxylic acids is 11. The van der Waals surface area contributed by atoms with E-state index in [1.165, 1.54) is 40.2 Å². The van der Waals surface area contributed by atoms with Crippen molar-refractivity contribution in [3.63, 3.8) is 0 Å². The quantitative estimate of drug-likeness (QED) is 0.0315. The SMILES string of the molecule is CC[C@H](C)[C@H](N)C(=O)N[C@@H](Cc1cnc[nH]1)C(=O)N[C@@H](CC(C)C)C(=O)N[C@@H](CO)C(=O)N[C@H](C(=O)N[C@@H](CCC(N)=O)C(=O)N[C@@H](C)C(=O)N[C@@H](CC(N)=O)C(=O)N[C@@H](C)C(=O)N[C@H](C(=O)O)C(C)C)C(C)C. The van der Waals surface area contributed by atoms with E-state index in [4.69, 9.17) is 17.2 Å². The second-order valence-electron chi connectivity index (χ2n) is 19.2. The molecule has 0 fully saturated rings. The van der Waals surface area contributed by atoms with Crippen LogP contribution in [0.25, 0.3) is 0 Å². The first kappa shape index (κ1) is 64.8. The van der Waals surface area contributed by atoms with Crippen LogP contribution in [0.15, 0.2) is 12.5 Å². The number of primary amides is 2. The number of aliphatic hydroxyl groups is 1. The monoisotopic (exact) mass is 1050 g/mol. The van der Waals surface area contributed by atoms with E-state index in [-0.39, 0.29) is 24.7 Å². The minimum absolute atomic E-state index is 0.0414. The van der Waals surface area contributed by atoms with Gasteiger partial charge in [0.25, 0.3) is 0 Å². The molecule has 0 aliphatic rings. The molecule has 0 aliphatic heterocycles. The molecule has 28 heteroatoms. The van der Waals surface area contributed by atoms with E-state index in [1.807, 2.05) is 6.92 Å². The number of hydrogen-bond acceptors (Lipinski definition) is 15. The van der Waals surface area contributed by atoms with E-state index in [0.29, 0.717) is 12.1 Å². The third-order valence-electron chi connectivity index (χ3n) is 11.7. The molecule has 0 radical (unpaired) electrons. The first-order valence-electron chi connectivity index (χ1n) is 24.3. The van der Waals surface area contributed by atoms with Crippen molar-refractivity contribution in [3.8, 4) is 0 Å². The summed E-state index contributed by atoms with van der Waals surface area (Å²) < 4.78 is 0. The lowest BCUT2D eigenvalue weighted by atomic mass is 9.98. The highest BCUT2D eigenvalue weighted by Gasteiger charge is 2.36. The summed E-state index contributed by atoms with van der Waals surface area (Å²) in [7, 11) is 0. The molecule has 1 aromatic rings. The van der Waals surface area contributed by atoms with Crippen LogP contribution in [0, 0.1) is 23.7 Å². The van der Waals surface area contributed by atoms with Gasteiger partial charge in [0.1, 0.15) is 54.4 Å². The van der Waals surface area contributed by atoms with Gasteiger partial charge in [-0.15, -0.1) is 0 Å². The maximum atomic E-state index is 13.8. The maximum absolute atomic E-state index is 13.8. The number of amides is 11. The Morgan fingerprint density at radius 2 is 1.03 bits per heavy atom. The molecule has 1 heterocycles. The summed E-state index contributed by atoms with van der Waals surface area (Å²) in [6, 6.07) is -14.1. The summed E-state index contributed by atoms with van der Waals surface area (Å²) >= 11 is 0. The number of nitrogens with one attached hydrogen (secondary N) is 10. The molecule has 0 unspecified atom stereocenters. The lowest BCUT2D eigenvalue weighted by Gasteiger charge is -2.29. The third kappa shape index (κ3) is 22.3. The van der Waals surface area contributed by atoms with Crippen LogP contribution < -0.4 is 65.1 Å². The Labute approximate surface area is 429 Å². The first-order valence-corrected chi connectivity index (χ1v) is 24.3. The number of aromatic amines is 1. The van der Waals surface area contributed by atoms with Crippen LogP contribution in [-0.2, 0) is 64.0 Å². The molecule has 0 saturated carbocycles. The summed E-state index contributed by atoms with van der Waals surface area (Å²) in [5, 5.41) is 41.4. The number of hydrogen-bond donors (Lipinski definition) is 15. The Bertz CT molecular complexity index is 2120. The predicted molar refractivity (Wildman–Crippen MR) is 265 cm³/mol. The van der Waals surface area contributed by atoms with Crippen LogP contribution in [0.5, 0.6) is 0 Å². The Balaban J connectivity index is 3.24. The summed E-state index contributed by atoms with van der Waals surface area (Å²) in [5.41, 5.74) is 17.3. The van der Waals surface area contributed by atoms with Crippen LogP contribution in [0.4, 0.5) is 0 Å². The number of carboxylic acids is 1. The molecule has 11 amide bonds. The number of carbonyl (C=O) groups is 12. The van der Waals surface area contributed by atoms with Gasteiger partial charge in [-0.25, -0.2) is 9.78 Å². The van der Waals surface area contributed by atoms with Crippen molar-refractivity contribution < 1.29 is 67.7 Å². The molecule has 28 nitrogen and oxygen atoms in total. The van der Waals surface area contributed by atoms with E-state index in [2.05, 4.69) is 57.8 Å². The average Bonchev–Trinajstić information content (AvgIpc) is 3.83. The first-order chi connectivity index (χ1) is 34.4. The fourth-order valence-electron chi connectivity index (χ4n) is 6.91. The number of H-pyrrole nitrogens is 1. The molecule has 0 spiro atoms. The molecule has 0 bridgehead atoms. The fraction of sp³-hybridized carbons (Fsp3) is 0.674. The lowest BCUT2D eigenvalue weighted by Crippen LogP contribution is -2.61. The van der Waals surface area contributed by atoms with Crippen LogP contribution in [0.1, 0.15) is 107 Å². The summed E-state index contributed by atoms with van der Waals surface area (Å²) in [6.07, 6.45) is 1.77. The number of aromatic nitrogens is 2. The van der Waals surface area contributed by atoms with E-state index < -0.39 is 169 Å². The molecule has 0 aromatic carbocycles. The highest BCUT2D eigenvalue weighted by Crippen LogP contribution is 2.11. The molecule has 1 rings (SSSR count). The highest BCUT2D eigenvalue weighted by molar-refractivity contribution is 5.99. The van der Waals surface area contributed by atoms with Crippen molar-refractivity contribution in [2.24, 2.45) is 40.9 Å². The standard InChI is InChI=1S/C46H78N14O14/c1-11-23(8)34(49)44(71)57-29(15-26-17-50-19-51-26)42(69)56-28(14-20(2)3)41(68)58-31(18-61)43(70)59-35(21(4)5)45(72)54-27(12-13-32(47)62)39(66)52-24(9)37(64)55-30(16-33(48)63)40(67)53-25(10)38(65)60-36(22(6)7)46(73)74/h17,19-25,27-31,34-36,61H,11-16,18,49H2,1-10H3,(H2,47,62)(H2,48,63)(H,50,51)(H,52,66)(H,53,67)(H,54,72)(H,55,64)(H,56,69)(H,57,71)(H,58,68)(H,59,70)(H,60,65)(H,73,74)/t23-,24-,25-,27-,28-,29-,30-,31-,34-,35-,36-/m0/s1. The second-order valence-corrected chi connectivity index (χ2v) is 19.2. The Kier molecular flexibility index (Phi) is 27.5. The van der Waals surface area contributed by atoms with Gasteiger partial charge in [-0.05, 0) is 50.4 Å². The van der Waals surface area contributed by atoms with Gasteiger partial charge in [-0.1, -0.05) is 61.8 Å². The van der Waals surface area contributed by atoms with Crippen LogP contribution >= 0.6 is 0 Å². The van der Waals surface area contributed by atoms with Gasteiger partial charge in [0.15, 0.2) is 0 Å². The van der Waals surface area contributed by atoms with E-state index in [9.17, 15) is 67.7 Å². The molecule has 0 saturated heterocycles. The Morgan fingerprint density at radius 3 is 1.50 bits per heavy atom. The van der Waals surface area contributed by atoms with E-state index >= 15 is 0 Å². The number of imidazole rings is 1. The minimum Gasteiger partial charge on any atom is -0.480 e. The van der Waals surface area contributed by atoms with Crippen LogP contribution in [-0.4, -0.2) is 158 Å². The smallest absolute Gasteiger partial charge is 0.326 e. The van der Waals surface area contributed by atoms with Crippen LogP contribution in [0.3, 0.4) is 0 Å². The third-order valence-corrected chi connectivity index (χ3v) is 11.7. The second kappa shape index (κ2) is 31.4. The molecule has 18 N–H and O–H groups in total. The van der Waals surface area contributed by atoms with Crippen molar-refractivity contribution >= 4 is 70.9 Å². The lowest BCUT2D eigenvalue weighted by molar-refractivity contribution is -0.143. The predicted octanol–water partition coefficient (Wildman–Crippen LogP) is -4.70. The maximum Gasteiger partial charge on any atom is 0.326 e. The molecule has 11 atom stereocenters. The van der Waals surface area contributed by atoms with E-state index in [0.717, 1.165) is 0 Å². The zero-order valence-corrected chi connectivity index (χ0v) is 43.7. The minimum atomic E-state index is -1.69. The van der Waals surface area contributed by atoms with Crippen molar-refractivity contribution in [2.75, 3.05) is 6.61 Å². The Hall–Kier alpha value is -7.23. The average molecular weight is 1050 g/mol. The van der Waals surface area contributed by atoms with Gasteiger partial charge in [0, 0.05) is 24.7 Å². The number of nitrogens with zero attached hydrogens (tertiary/aromatic N) is 1. The van der Waals surface area contributed by atoms with Gasteiger partial charge in [-0.3, -0.25) is 52.7 Å². The highest BCUT2D eigenvalue weighted by atomic mass is 16.4. The van der Waals surface area contributed by atoms with Gasteiger partial charge in [0.05, 0.1) is 25.4 Å². The van der Waals surface area contributed by atoms with E-state index in [1.54, 1.807) is 34.6 Å². The molecule has 416 valence electrons. The summed E-state index contributed by atoms with van der Waals surface area (Å²) in [4.78, 5) is 163. The summed E-state index contributed by atoms with van der Waals surface area (Å²) in [5.74, 6) is -13.3. The number of nitrogens with two attached hydrogens (primary N) is 3. The molecular weight excluding hydrogens is 973 g/mol. The van der Waals surface area contributed by atoms with Gasteiger partial charge < -0.3 is 80.2 Å².